The zero-order valence-electron chi connectivity index (χ0n) is 17.2. The van der Waals surface area contributed by atoms with Crippen LogP contribution in [0.3, 0.4) is 0 Å². The lowest BCUT2D eigenvalue weighted by Crippen LogP contribution is -2.72. The highest BCUT2D eigenvalue weighted by atomic mass is 32.1. The van der Waals surface area contributed by atoms with Gasteiger partial charge in [-0.3, -0.25) is 4.79 Å². The zero-order chi connectivity index (χ0) is 24.3. The van der Waals surface area contributed by atoms with Crippen LogP contribution in [0.2, 0.25) is 0 Å². The van der Waals surface area contributed by atoms with Gasteiger partial charge in [0, 0.05) is 4.88 Å². The van der Waals surface area contributed by atoms with Gasteiger partial charge in [-0.05, 0) is 38.0 Å². The zero-order valence-corrected chi connectivity index (χ0v) is 18.0. The molecule has 2 aromatic rings. The number of anilines is 1. The van der Waals surface area contributed by atoms with Gasteiger partial charge >= 0.3 is 18.0 Å². The van der Waals surface area contributed by atoms with Crippen LogP contribution in [-0.2, 0) is 6.42 Å². The lowest BCUT2D eigenvalue weighted by molar-refractivity contribution is -0.293. The molecule has 0 spiro atoms. The first-order valence-corrected chi connectivity index (χ1v) is 10.1. The first-order valence-electron chi connectivity index (χ1n) is 9.31. The Morgan fingerprint density at radius 2 is 1.72 bits per heavy atom. The molecule has 174 valence electrons. The predicted octanol–water partition coefficient (Wildman–Crippen LogP) is 5.55. The van der Waals surface area contributed by atoms with E-state index < -0.39 is 34.5 Å². The largest absolute Gasteiger partial charge is 0.493 e. The number of thiophene rings is 1. The molecule has 2 rings (SSSR count). The minimum Gasteiger partial charge on any atom is -0.493 e. The van der Waals surface area contributed by atoms with Crippen molar-refractivity contribution in [2.75, 3.05) is 11.9 Å². The summed E-state index contributed by atoms with van der Waals surface area (Å²) in [6, 6.07) is 6.64. The molecular formula is C20H19F6N3O2S. The van der Waals surface area contributed by atoms with Gasteiger partial charge in [0.15, 0.2) is 0 Å². The minimum absolute atomic E-state index is 0.0338. The molecule has 1 amide bonds. The lowest BCUT2D eigenvalue weighted by atomic mass is 10.1. The number of amides is 1. The Hall–Kier alpha value is -2.94. The number of alkyl halides is 6. The highest BCUT2D eigenvalue weighted by Gasteiger charge is 2.73. The number of carbonyl (C=O) groups excluding carboxylic acids is 1. The standard InChI is InChI=1S/C20H19F6N3O2S/c1-4-12-11(3)32-17(14(12)10-27)29-18(19(21,22)23,20(24,25)26)28-16(30)13-8-6-7-9-15(13)31-5-2/h6-9,29H,4-5H2,1-3H3,(H,28,30). The van der Waals surface area contributed by atoms with Crippen LogP contribution in [0.1, 0.15) is 40.2 Å². The van der Waals surface area contributed by atoms with E-state index in [0.29, 0.717) is 21.8 Å². The van der Waals surface area contributed by atoms with Crippen molar-refractivity contribution in [3.8, 4) is 11.8 Å². The molecule has 0 atom stereocenters. The van der Waals surface area contributed by atoms with Crippen molar-refractivity contribution in [2.45, 2.75) is 45.2 Å². The highest BCUT2D eigenvalue weighted by molar-refractivity contribution is 7.16. The first-order chi connectivity index (χ1) is 14.8. The van der Waals surface area contributed by atoms with Gasteiger partial charge in [-0.2, -0.15) is 31.6 Å². The van der Waals surface area contributed by atoms with Crippen molar-refractivity contribution in [3.05, 3.63) is 45.8 Å². The number of benzene rings is 1. The van der Waals surface area contributed by atoms with Gasteiger partial charge in [0.05, 0.1) is 17.7 Å². The summed E-state index contributed by atoms with van der Waals surface area (Å²) in [6.07, 6.45) is -11.8. The normalized spacial score (nSPS) is 12.2. The summed E-state index contributed by atoms with van der Waals surface area (Å²) in [5.74, 6) is -1.83. The van der Waals surface area contributed by atoms with E-state index >= 15 is 0 Å². The second-order valence-electron chi connectivity index (χ2n) is 6.56. The Kier molecular flexibility index (Phi) is 7.34. The topological polar surface area (TPSA) is 74.2 Å². The van der Waals surface area contributed by atoms with E-state index in [9.17, 15) is 36.4 Å². The monoisotopic (exact) mass is 479 g/mol. The highest BCUT2D eigenvalue weighted by Crippen LogP contribution is 2.46. The van der Waals surface area contributed by atoms with E-state index in [4.69, 9.17) is 4.74 Å². The van der Waals surface area contributed by atoms with Crippen LogP contribution in [0.5, 0.6) is 5.75 Å². The molecule has 0 saturated heterocycles. The van der Waals surface area contributed by atoms with Crippen LogP contribution in [0, 0.1) is 18.3 Å². The second kappa shape index (κ2) is 9.28. The summed E-state index contributed by atoms with van der Waals surface area (Å²) in [5.41, 5.74) is -5.38. The maximum Gasteiger partial charge on any atom is 0.439 e. The van der Waals surface area contributed by atoms with Gasteiger partial charge in [0.25, 0.3) is 5.91 Å². The maximum atomic E-state index is 14.0. The number of halogens is 6. The molecule has 1 heterocycles. The van der Waals surface area contributed by atoms with Crippen LogP contribution in [-0.4, -0.2) is 30.5 Å². The van der Waals surface area contributed by atoms with Crippen molar-refractivity contribution >= 4 is 22.2 Å². The van der Waals surface area contributed by atoms with Gasteiger partial charge in [-0.15, -0.1) is 11.3 Å². The number of hydrogen-bond donors (Lipinski definition) is 2. The van der Waals surface area contributed by atoms with Crippen molar-refractivity contribution < 1.29 is 35.9 Å². The van der Waals surface area contributed by atoms with E-state index in [0.717, 1.165) is 11.4 Å². The van der Waals surface area contributed by atoms with Gasteiger partial charge < -0.3 is 15.4 Å². The number of para-hydroxylation sites is 1. The fraction of sp³-hybridized carbons (Fsp3) is 0.400. The number of hydrogen-bond acceptors (Lipinski definition) is 5. The average molecular weight is 479 g/mol. The van der Waals surface area contributed by atoms with Crippen molar-refractivity contribution in [2.24, 2.45) is 0 Å². The molecule has 0 unspecified atom stereocenters. The molecule has 0 aliphatic carbocycles. The van der Waals surface area contributed by atoms with E-state index in [2.05, 4.69) is 0 Å². The molecule has 1 aromatic heterocycles. The summed E-state index contributed by atoms with van der Waals surface area (Å²) in [4.78, 5) is 13.0. The maximum absolute atomic E-state index is 14.0. The summed E-state index contributed by atoms with van der Waals surface area (Å²) >= 11 is 0.574. The summed E-state index contributed by atoms with van der Waals surface area (Å²) in [5, 5.41) is 11.2. The summed E-state index contributed by atoms with van der Waals surface area (Å²) in [6.45, 7) is 4.67. The van der Waals surface area contributed by atoms with Crippen LogP contribution >= 0.6 is 11.3 Å². The average Bonchev–Trinajstić information content (AvgIpc) is 3.00. The molecule has 32 heavy (non-hydrogen) atoms. The fourth-order valence-electron chi connectivity index (χ4n) is 3.03. The molecular weight excluding hydrogens is 460 g/mol. The minimum atomic E-state index is -6.02. The SMILES string of the molecule is CCOc1ccccc1C(=O)NC(Nc1sc(C)c(CC)c1C#N)(C(F)(F)F)C(F)(F)F. The van der Waals surface area contributed by atoms with Gasteiger partial charge in [0.2, 0.25) is 0 Å². The smallest absolute Gasteiger partial charge is 0.439 e. The molecule has 0 saturated carbocycles. The number of nitrogens with zero attached hydrogens (tertiary/aromatic N) is 1. The van der Waals surface area contributed by atoms with Crippen LogP contribution in [0.4, 0.5) is 31.3 Å². The van der Waals surface area contributed by atoms with Crippen LogP contribution in [0.25, 0.3) is 0 Å². The molecule has 1 aromatic carbocycles. The van der Waals surface area contributed by atoms with E-state index in [1.807, 2.05) is 0 Å². The molecule has 0 fully saturated rings. The van der Waals surface area contributed by atoms with Crippen molar-refractivity contribution in [1.29, 1.82) is 5.26 Å². The molecule has 0 radical (unpaired) electrons. The molecule has 2 N–H and O–H groups in total. The molecule has 0 bridgehead atoms. The van der Waals surface area contributed by atoms with Crippen molar-refractivity contribution in [1.82, 2.24) is 5.32 Å². The number of nitrogens with one attached hydrogen (secondary N) is 2. The number of ether oxygens (including phenoxy) is 1. The van der Waals surface area contributed by atoms with E-state index in [-0.39, 0.29) is 24.3 Å². The third-order valence-electron chi connectivity index (χ3n) is 4.56. The van der Waals surface area contributed by atoms with Crippen LogP contribution < -0.4 is 15.4 Å². The number of nitriles is 1. The number of aryl methyl sites for hydroxylation is 1. The third kappa shape index (κ3) is 4.62. The molecule has 5 nitrogen and oxygen atoms in total. The Morgan fingerprint density at radius 3 is 2.22 bits per heavy atom. The molecule has 0 aliphatic heterocycles. The summed E-state index contributed by atoms with van der Waals surface area (Å²) < 4.78 is 89.1. The quantitative estimate of drug-likeness (QED) is 0.403. The molecule has 12 heteroatoms. The Morgan fingerprint density at radius 1 is 1.12 bits per heavy atom. The first kappa shape index (κ1) is 25.3. The molecule has 0 aliphatic rings. The van der Waals surface area contributed by atoms with Gasteiger partial charge in [0.1, 0.15) is 16.8 Å². The number of carbonyl (C=O) groups is 1. The number of rotatable bonds is 7. The third-order valence-corrected chi connectivity index (χ3v) is 5.62. The fourth-order valence-corrected chi connectivity index (χ4v) is 4.18. The van der Waals surface area contributed by atoms with Gasteiger partial charge in [-0.25, -0.2) is 0 Å². The van der Waals surface area contributed by atoms with Crippen LogP contribution in [0.15, 0.2) is 24.3 Å². The van der Waals surface area contributed by atoms with Crippen molar-refractivity contribution in [3.63, 3.8) is 0 Å². The Labute approximate surface area is 184 Å². The Bertz CT molecular complexity index is 1010. The Balaban J connectivity index is 2.65. The lowest BCUT2D eigenvalue weighted by Gasteiger charge is -2.38. The summed E-state index contributed by atoms with van der Waals surface area (Å²) in [7, 11) is 0. The second-order valence-corrected chi connectivity index (χ2v) is 7.78. The van der Waals surface area contributed by atoms with Gasteiger partial charge in [-0.1, -0.05) is 19.1 Å². The van der Waals surface area contributed by atoms with E-state index in [1.54, 1.807) is 19.9 Å². The predicted molar refractivity (Wildman–Crippen MR) is 107 cm³/mol. The van der Waals surface area contributed by atoms with E-state index in [1.165, 1.54) is 30.4 Å².